The van der Waals surface area contributed by atoms with Crippen LogP contribution in [0.2, 0.25) is 0 Å². The van der Waals surface area contributed by atoms with Gasteiger partial charge in [-0.15, -0.1) is 0 Å². The van der Waals surface area contributed by atoms with E-state index in [1.54, 1.807) is 0 Å². The summed E-state index contributed by atoms with van der Waals surface area (Å²) in [5.74, 6) is 1.25. The minimum Gasteiger partial charge on any atom is -0.491 e. The maximum absolute atomic E-state index is 12.5. The smallest absolute Gasteiger partial charge is 0.223 e. The first-order chi connectivity index (χ1) is 23.5. The molecular formula is C39H67BrN4O4S. The van der Waals surface area contributed by atoms with Crippen molar-refractivity contribution in [3.63, 3.8) is 0 Å². The van der Waals surface area contributed by atoms with E-state index >= 15 is 0 Å². The second kappa shape index (κ2) is 27.5. The Morgan fingerprint density at radius 2 is 1.31 bits per heavy atom. The van der Waals surface area contributed by atoms with E-state index in [0.29, 0.717) is 30.1 Å². The summed E-state index contributed by atoms with van der Waals surface area (Å²) in [6.07, 6.45) is 17.1. The number of amides is 3. The van der Waals surface area contributed by atoms with Gasteiger partial charge in [0.05, 0.1) is 11.3 Å². The molecule has 2 rings (SSSR count). The van der Waals surface area contributed by atoms with Gasteiger partial charge >= 0.3 is 0 Å². The second-order valence-corrected chi connectivity index (χ2v) is 15.3. The molecule has 0 atom stereocenters. The average molecular weight is 768 g/mol. The summed E-state index contributed by atoms with van der Waals surface area (Å²) in [6, 6.07) is 6.42. The second-order valence-electron chi connectivity index (χ2n) is 13.4. The summed E-state index contributed by atoms with van der Waals surface area (Å²) < 4.78 is 6.96. The Balaban J connectivity index is 0.000000570. The van der Waals surface area contributed by atoms with E-state index in [1.807, 2.05) is 23.1 Å². The van der Waals surface area contributed by atoms with Gasteiger partial charge in [0.25, 0.3) is 0 Å². The third-order valence-corrected chi connectivity index (χ3v) is 9.87. The Morgan fingerprint density at radius 1 is 0.776 bits per heavy atom. The van der Waals surface area contributed by atoms with Crippen LogP contribution < -0.4 is 10.1 Å². The minimum absolute atomic E-state index is 0.128. The molecular weight excluding hydrogens is 700 g/mol. The highest BCUT2D eigenvalue weighted by Gasteiger charge is 2.17. The van der Waals surface area contributed by atoms with Crippen LogP contribution in [0.5, 0.6) is 5.75 Å². The third kappa shape index (κ3) is 19.7. The van der Waals surface area contributed by atoms with E-state index in [9.17, 15) is 14.4 Å². The van der Waals surface area contributed by atoms with E-state index in [2.05, 4.69) is 72.7 Å². The Hall–Kier alpha value is -2.20. The molecule has 0 unspecified atom stereocenters. The van der Waals surface area contributed by atoms with Gasteiger partial charge in [0, 0.05) is 50.3 Å². The summed E-state index contributed by atoms with van der Waals surface area (Å²) in [5, 5.41) is 4.39. The molecule has 0 aliphatic rings. The molecule has 3 amide bonds. The third-order valence-electron chi connectivity index (χ3n) is 8.37. The first-order valence-corrected chi connectivity index (χ1v) is 20.9. The maximum Gasteiger partial charge on any atom is 0.223 e. The van der Waals surface area contributed by atoms with Crippen molar-refractivity contribution >= 4 is 60.3 Å². The van der Waals surface area contributed by atoms with Gasteiger partial charge in [0.2, 0.25) is 17.7 Å². The number of thiazole rings is 1. The number of hydrogen-bond acceptors (Lipinski definition) is 6. The van der Waals surface area contributed by atoms with Gasteiger partial charge in [-0.2, -0.15) is 0 Å². The molecule has 1 aromatic carbocycles. The van der Waals surface area contributed by atoms with Crippen LogP contribution in [0.3, 0.4) is 0 Å². The Bertz CT molecular complexity index is 1190. The standard InChI is InChI=1S/C24H37N3O3S.C15H30BrNO/c1-5-6-7-9-15-22(29)27(18(2)3)16-10-8-11-17-30-20-13-12-14-21-23(20)26-24(31-21)25-19(4)28;1-4-5-6-8-11-15(18)17(14(2)3)13-10-7-9-12-16/h12-14,18H,5-11,15-17H2,1-4H3,(H,25,26,28);14H,4-13H2,1-3H3. The molecule has 0 spiro atoms. The fourth-order valence-electron chi connectivity index (χ4n) is 5.58. The van der Waals surface area contributed by atoms with Crippen LogP contribution in [0.25, 0.3) is 10.2 Å². The number of unbranched alkanes of at least 4 members (excludes halogenated alkanes) is 10. The van der Waals surface area contributed by atoms with Crippen molar-refractivity contribution in [3.05, 3.63) is 18.2 Å². The number of carbonyl (C=O) groups excluding carboxylic acids is 3. The van der Waals surface area contributed by atoms with Crippen molar-refractivity contribution in [1.82, 2.24) is 14.8 Å². The molecule has 0 radical (unpaired) electrons. The van der Waals surface area contributed by atoms with Crippen molar-refractivity contribution in [1.29, 1.82) is 0 Å². The zero-order valence-corrected chi connectivity index (χ0v) is 34.2. The highest BCUT2D eigenvalue weighted by Crippen LogP contribution is 2.32. The van der Waals surface area contributed by atoms with Crippen LogP contribution in [-0.2, 0) is 14.4 Å². The van der Waals surface area contributed by atoms with Crippen molar-refractivity contribution in [2.45, 2.75) is 163 Å². The summed E-state index contributed by atoms with van der Waals surface area (Å²) >= 11 is 4.89. The van der Waals surface area contributed by atoms with Crippen molar-refractivity contribution in [2.75, 3.05) is 30.3 Å². The predicted octanol–water partition coefficient (Wildman–Crippen LogP) is 10.8. The van der Waals surface area contributed by atoms with Gasteiger partial charge in [-0.05, 0) is 84.8 Å². The highest BCUT2D eigenvalue weighted by molar-refractivity contribution is 9.09. The Morgan fingerprint density at radius 3 is 1.80 bits per heavy atom. The number of rotatable bonds is 25. The predicted molar refractivity (Wildman–Crippen MR) is 212 cm³/mol. The fraction of sp³-hybridized carbons (Fsp3) is 0.744. The van der Waals surface area contributed by atoms with Crippen LogP contribution in [0.1, 0.15) is 151 Å². The normalized spacial score (nSPS) is 11.1. The van der Waals surface area contributed by atoms with E-state index in [4.69, 9.17) is 4.74 Å². The van der Waals surface area contributed by atoms with Crippen molar-refractivity contribution in [2.24, 2.45) is 0 Å². The number of para-hydroxylation sites is 1. The Labute approximate surface area is 310 Å². The van der Waals surface area contributed by atoms with Crippen molar-refractivity contribution < 1.29 is 19.1 Å². The lowest BCUT2D eigenvalue weighted by Gasteiger charge is -2.27. The fourth-order valence-corrected chi connectivity index (χ4v) is 6.90. The molecule has 0 aliphatic carbocycles. The molecule has 1 heterocycles. The lowest BCUT2D eigenvalue weighted by atomic mass is 10.1. The molecule has 49 heavy (non-hydrogen) atoms. The molecule has 0 aliphatic heterocycles. The van der Waals surface area contributed by atoms with Crippen LogP contribution in [0.4, 0.5) is 5.13 Å². The number of alkyl halides is 1. The molecule has 2 aromatic rings. The van der Waals surface area contributed by atoms with E-state index in [0.717, 1.165) is 85.8 Å². The van der Waals surface area contributed by atoms with Crippen LogP contribution >= 0.6 is 27.3 Å². The van der Waals surface area contributed by atoms with Crippen LogP contribution in [-0.4, -0.2) is 69.6 Å². The molecule has 280 valence electrons. The quantitative estimate of drug-likeness (QED) is 0.0802. The van der Waals surface area contributed by atoms with Crippen LogP contribution in [0.15, 0.2) is 18.2 Å². The average Bonchev–Trinajstić information content (AvgIpc) is 3.47. The lowest BCUT2D eigenvalue weighted by Crippen LogP contribution is -2.37. The van der Waals surface area contributed by atoms with E-state index in [-0.39, 0.29) is 17.9 Å². The topological polar surface area (TPSA) is 91.8 Å². The van der Waals surface area contributed by atoms with E-state index in [1.165, 1.54) is 63.2 Å². The molecule has 0 saturated heterocycles. The van der Waals surface area contributed by atoms with Gasteiger partial charge in [-0.3, -0.25) is 14.4 Å². The number of hydrogen-bond donors (Lipinski definition) is 1. The molecule has 0 saturated carbocycles. The zero-order chi connectivity index (χ0) is 36.4. The first-order valence-electron chi connectivity index (χ1n) is 19.0. The minimum atomic E-state index is -0.128. The van der Waals surface area contributed by atoms with Crippen molar-refractivity contribution in [3.8, 4) is 5.75 Å². The summed E-state index contributed by atoms with van der Waals surface area (Å²) in [5.41, 5.74) is 0.788. The lowest BCUT2D eigenvalue weighted by molar-refractivity contribution is -0.134. The number of benzene rings is 1. The van der Waals surface area contributed by atoms with Gasteiger partial charge in [-0.25, -0.2) is 4.98 Å². The highest BCUT2D eigenvalue weighted by atomic mass is 79.9. The maximum atomic E-state index is 12.5. The molecule has 10 heteroatoms. The number of ether oxygens (including phenoxy) is 1. The van der Waals surface area contributed by atoms with Crippen LogP contribution in [0, 0.1) is 0 Å². The molecule has 0 fully saturated rings. The van der Waals surface area contributed by atoms with Gasteiger partial charge < -0.3 is 19.9 Å². The number of fused-ring (bicyclic) bond motifs is 1. The monoisotopic (exact) mass is 766 g/mol. The molecule has 1 aromatic heterocycles. The number of nitrogens with zero attached hydrogens (tertiary/aromatic N) is 3. The van der Waals surface area contributed by atoms with Gasteiger partial charge in [-0.1, -0.05) is 92.1 Å². The van der Waals surface area contributed by atoms with Gasteiger partial charge in [0.15, 0.2) is 5.13 Å². The molecule has 0 bridgehead atoms. The molecule has 1 N–H and O–H groups in total. The first kappa shape index (κ1) is 44.8. The number of nitrogens with one attached hydrogen (secondary N) is 1. The summed E-state index contributed by atoms with van der Waals surface area (Å²) in [4.78, 5) is 44.5. The van der Waals surface area contributed by atoms with E-state index < -0.39 is 0 Å². The summed E-state index contributed by atoms with van der Waals surface area (Å²) in [6.45, 7) is 16.6. The number of aromatic nitrogens is 1. The van der Waals surface area contributed by atoms with Gasteiger partial charge in [0.1, 0.15) is 11.3 Å². The number of carbonyl (C=O) groups is 3. The number of anilines is 1. The largest absolute Gasteiger partial charge is 0.491 e. The Kier molecular flexibility index (Phi) is 25.2. The summed E-state index contributed by atoms with van der Waals surface area (Å²) in [7, 11) is 0. The zero-order valence-electron chi connectivity index (χ0n) is 31.8. The molecule has 8 nitrogen and oxygen atoms in total. The number of halogens is 1. The SMILES string of the molecule is CCCCCCC(=O)N(CCCCCBr)C(C)C.CCCCCCC(=O)N(CCCCCOc1cccc2sc(NC(C)=O)nc12)C(C)C.